The molecule has 1 amide bonds. The van der Waals surface area contributed by atoms with Gasteiger partial charge in [0.15, 0.2) is 5.13 Å². The number of hydrogen-bond donors (Lipinski definition) is 1. The molecule has 0 saturated carbocycles. The number of anilines is 1. The molecule has 144 valence electrons. The van der Waals surface area contributed by atoms with Gasteiger partial charge in [-0.1, -0.05) is 25.2 Å². The highest BCUT2D eigenvalue weighted by atomic mass is 32.1. The number of nitrogens with zero attached hydrogens (tertiary/aromatic N) is 3. The summed E-state index contributed by atoms with van der Waals surface area (Å²) in [7, 11) is 0. The lowest BCUT2D eigenvalue weighted by molar-refractivity contribution is -0.385. The van der Waals surface area contributed by atoms with Gasteiger partial charge in [-0.2, -0.15) is 0 Å². The van der Waals surface area contributed by atoms with E-state index in [1.807, 2.05) is 13.8 Å². The average molecular weight is 394 g/mol. The number of carbonyl (C=O) groups is 2. The molecule has 0 unspecified atom stereocenters. The van der Waals surface area contributed by atoms with E-state index >= 15 is 0 Å². The minimum Gasteiger partial charge on any atom is -0.461 e. The summed E-state index contributed by atoms with van der Waals surface area (Å²) < 4.78 is 6.07. The van der Waals surface area contributed by atoms with Gasteiger partial charge < -0.3 is 10.1 Å². The number of pyridine rings is 1. The lowest BCUT2D eigenvalue weighted by atomic mass is 10.2. The van der Waals surface area contributed by atoms with Crippen LogP contribution in [0.4, 0.5) is 10.8 Å². The fourth-order valence-corrected chi connectivity index (χ4v) is 2.89. The molecule has 0 aliphatic carbocycles. The molecule has 0 aliphatic heterocycles. The van der Waals surface area contributed by atoms with Gasteiger partial charge in [0.1, 0.15) is 11.4 Å². The number of amides is 1. The Labute approximate surface area is 157 Å². The second-order valence-electron chi connectivity index (χ2n) is 6.08. The fourth-order valence-electron chi connectivity index (χ4n) is 2.01. The third-order valence-electron chi connectivity index (χ3n) is 3.27. The minimum absolute atomic E-state index is 0.174. The van der Waals surface area contributed by atoms with Crippen LogP contribution in [0.1, 0.15) is 29.2 Å². The van der Waals surface area contributed by atoms with Gasteiger partial charge in [-0.05, 0) is 12.8 Å². The van der Waals surface area contributed by atoms with Crippen molar-refractivity contribution in [2.75, 3.05) is 11.9 Å². The third-order valence-corrected chi connectivity index (χ3v) is 4.32. The zero-order valence-electron chi connectivity index (χ0n) is 14.9. The van der Waals surface area contributed by atoms with Crippen molar-refractivity contribution in [2.24, 2.45) is 5.92 Å². The SMILES string of the molecule is Cc1nc(NC(=O)Cn2cc([N+](=O)[O-])ccc2=O)sc1C(=O)OCC(C)C. The predicted molar refractivity (Wildman–Crippen MR) is 98.0 cm³/mol. The van der Waals surface area contributed by atoms with E-state index in [9.17, 15) is 24.5 Å². The molecule has 1 N–H and O–H groups in total. The Balaban J connectivity index is 2.08. The van der Waals surface area contributed by atoms with Crippen molar-refractivity contribution in [2.45, 2.75) is 27.3 Å². The molecule has 2 aromatic heterocycles. The van der Waals surface area contributed by atoms with E-state index in [-0.39, 0.29) is 28.2 Å². The third kappa shape index (κ3) is 5.45. The lowest BCUT2D eigenvalue weighted by Crippen LogP contribution is -2.26. The summed E-state index contributed by atoms with van der Waals surface area (Å²) in [6, 6.07) is 2.08. The molecule has 11 heteroatoms. The van der Waals surface area contributed by atoms with Crippen LogP contribution in [0.25, 0.3) is 0 Å². The highest BCUT2D eigenvalue weighted by Gasteiger charge is 2.19. The van der Waals surface area contributed by atoms with Gasteiger partial charge in [-0.15, -0.1) is 0 Å². The molecule has 0 radical (unpaired) electrons. The van der Waals surface area contributed by atoms with Crippen LogP contribution in [0.5, 0.6) is 0 Å². The van der Waals surface area contributed by atoms with Crippen LogP contribution in [-0.4, -0.2) is 33.0 Å². The summed E-state index contributed by atoms with van der Waals surface area (Å²) in [5.41, 5.74) is -0.441. The first kappa shape index (κ1) is 20.2. The fraction of sp³-hybridized carbons (Fsp3) is 0.375. The Morgan fingerprint density at radius 3 is 2.74 bits per heavy atom. The highest BCUT2D eigenvalue weighted by molar-refractivity contribution is 7.17. The van der Waals surface area contributed by atoms with E-state index in [1.54, 1.807) is 6.92 Å². The Bertz CT molecular complexity index is 933. The maximum Gasteiger partial charge on any atom is 0.350 e. The van der Waals surface area contributed by atoms with Crippen molar-refractivity contribution in [3.63, 3.8) is 0 Å². The zero-order valence-corrected chi connectivity index (χ0v) is 15.7. The predicted octanol–water partition coefficient (Wildman–Crippen LogP) is 1.97. The van der Waals surface area contributed by atoms with Crippen molar-refractivity contribution in [3.05, 3.63) is 49.4 Å². The van der Waals surface area contributed by atoms with E-state index < -0.39 is 28.9 Å². The number of carbonyl (C=O) groups excluding carboxylic acids is 2. The quantitative estimate of drug-likeness (QED) is 0.431. The van der Waals surface area contributed by atoms with Gasteiger partial charge in [0.2, 0.25) is 5.91 Å². The van der Waals surface area contributed by atoms with E-state index in [2.05, 4.69) is 10.3 Å². The number of aryl methyl sites for hydroxylation is 1. The van der Waals surface area contributed by atoms with Gasteiger partial charge in [-0.25, -0.2) is 9.78 Å². The molecule has 2 rings (SSSR count). The molecule has 0 bridgehead atoms. The van der Waals surface area contributed by atoms with Crippen LogP contribution in [-0.2, 0) is 16.1 Å². The Morgan fingerprint density at radius 2 is 2.11 bits per heavy atom. The molecule has 0 fully saturated rings. The van der Waals surface area contributed by atoms with Gasteiger partial charge in [0, 0.05) is 12.1 Å². The van der Waals surface area contributed by atoms with Crippen LogP contribution >= 0.6 is 11.3 Å². The number of nitrogens with one attached hydrogen (secondary N) is 1. The van der Waals surface area contributed by atoms with Crippen molar-refractivity contribution in [1.29, 1.82) is 0 Å². The van der Waals surface area contributed by atoms with Gasteiger partial charge in [-0.3, -0.25) is 24.3 Å². The summed E-state index contributed by atoms with van der Waals surface area (Å²) in [5, 5.41) is 13.4. The molecule has 2 aromatic rings. The maximum absolute atomic E-state index is 12.1. The molecule has 10 nitrogen and oxygen atoms in total. The summed E-state index contributed by atoms with van der Waals surface area (Å²) in [6.45, 7) is 5.28. The monoisotopic (exact) mass is 394 g/mol. The number of aromatic nitrogens is 2. The van der Waals surface area contributed by atoms with Crippen molar-refractivity contribution >= 4 is 34.0 Å². The number of esters is 1. The summed E-state index contributed by atoms with van der Waals surface area (Å²) in [5.74, 6) is -0.933. The van der Waals surface area contributed by atoms with Gasteiger partial charge in [0.05, 0.1) is 23.4 Å². The summed E-state index contributed by atoms with van der Waals surface area (Å²) >= 11 is 0.957. The minimum atomic E-state index is -0.660. The summed E-state index contributed by atoms with van der Waals surface area (Å²) in [4.78, 5) is 50.4. The second kappa shape index (κ2) is 8.54. The second-order valence-corrected chi connectivity index (χ2v) is 7.08. The van der Waals surface area contributed by atoms with Gasteiger partial charge in [0.25, 0.3) is 11.2 Å². The smallest absolute Gasteiger partial charge is 0.350 e. The van der Waals surface area contributed by atoms with E-state index in [0.29, 0.717) is 5.69 Å². The number of thiazole rings is 1. The number of hydrogen-bond acceptors (Lipinski definition) is 8. The molecule has 0 saturated heterocycles. The van der Waals surface area contributed by atoms with Crippen LogP contribution < -0.4 is 10.9 Å². The highest BCUT2D eigenvalue weighted by Crippen LogP contribution is 2.23. The topological polar surface area (TPSA) is 133 Å². The zero-order chi connectivity index (χ0) is 20.1. The van der Waals surface area contributed by atoms with E-state index in [4.69, 9.17) is 4.74 Å². The molecular formula is C16H18N4O6S. The first-order chi connectivity index (χ1) is 12.7. The molecular weight excluding hydrogens is 376 g/mol. The number of ether oxygens (including phenoxy) is 1. The molecule has 2 heterocycles. The standard InChI is InChI=1S/C16H18N4O6S/c1-9(2)8-26-15(23)14-10(3)17-16(27-14)18-12(21)7-19-6-11(20(24)25)4-5-13(19)22/h4-6,9H,7-8H2,1-3H3,(H,17,18,21). The maximum atomic E-state index is 12.1. The van der Waals surface area contributed by atoms with Crippen molar-refractivity contribution in [3.8, 4) is 0 Å². The van der Waals surface area contributed by atoms with Crippen LogP contribution in [0.2, 0.25) is 0 Å². The Morgan fingerprint density at radius 1 is 1.41 bits per heavy atom. The Kier molecular flexibility index (Phi) is 6.40. The molecule has 0 atom stereocenters. The Hall–Kier alpha value is -3.08. The van der Waals surface area contributed by atoms with E-state index in [1.165, 1.54) is 0 Å². The average Bonchev–Trinajstić information content (AvgIpc) is 2.94. The van der Waals surface area contributed by atoms with Crippen LogP contribution in [0.15, 0.2) is 23.1 Å². The van der Waals surface area contributed by atoms with Crippen molar-refractivity contribution in [1.82, 2.24) is 9.55 Å². The summed E-state index contributed by atoms with van der Waals surface area (Å²) in [6.07, 6.45) is 0.990. The van der Waals surface area contributed by atoms with Crippen molar-refractivity contribution < 1.29 is 19.2 Å². The molecule has 0 aromatic carbocycles. The largest absolute Gasteiger partial charge is 0.461 e. The van der Waals surface area contributed by atoms with Gasteiger partial charge >= 0.3 is 5.97 Å². The normalized spacial score (nSPS) is 10.7. The lowest BCUT2D eigenvalue weighted by Gasteiger charge is -2.05. The number of rotatable bonds is 7. The van der Waals surface area contributed by atoms with Crippen LogP contribution in [0, 0.1) is 23.0 Å². The first-order valence-electron chi connectivity index (χ1n) is 7.96. The number of nitro groups is 1. The van der Waals surface area contributed by atoms with Crippen LogP contribution in [0.3, 0.4) is 0 Å². The first-order valence-corrected chi connectivity index (χ1v) is 8.78. The van der Waals surface area contributed by atoms with E-state index in [0.717, 1.165) is 34.2 Å². The molecule has 0 spiro atoms. The molecule has 27 heavy (non-hydrogen) atoms. The molecule has 0 aliphatic rings.